The van der Waals surface area contributed by atoms with Crippen molar-refractivity contribution in [1.82, 2.24) is 15.5 Å². The molecule has 2 N–H and O–H groups in total. The standard InChI is InChI=1S/C13H25N3O2.2ClH/c1-10(16-3-5-18-6-4-16)7-15-13(17)11(2)12-8-14-9-12;;/h10-12,14H,3-9H2,1-2H3,(H,15,17);2*1H. The summed E-state index contributed by atoms with van der Waals surface area (Å²) in [6, 6.07) is 0.393. The summed E-state index contributed by atoms with van der Waals surface area (Å²) in [6.45, 7) is 10.5. The number of hydrogen-bond acceptors (Lipinski definition) is 4. The Morgan fingerprint density at radius 1 is 1.30 bits per heavy atom. The molecule has 7 heteroatoms. The summed E-state index contributed by atoms with van der Waals surface area (Å²) in [5, 5.41) is 6.29. The van der Waals surface area contributed by atoms with E-state index in [1.165, 1.54) is 0 Å². The molecular formula is C13H27Cl2N3O2. The Kier molecular flexibility index (Phi) is 9.76. The van der Waals surface area contributed by atoms with E-state index in [1.807, 2.05) is 6.92 Å². The van der Waals surface area contributed by atoms with Gasteiger partial charge in [0.1, 0.15) is 0 Å². The lowest BCUT2D eigenvalue weighted by molar-refractivity contribution is -0.127. The first-order valence-electron chi connectivity index (χ1n) is 6.98. The van der Waals surface area contributed by atoms with Gasteiger partial charge in [0.2, 0.25) is 5.91 Å². The summed E-state index contributed by atoms with van der Waals surface area (Å²) in [7, 11) is 0. The molecule has 0 saturated carbocycles. The predicted octanol–water partition coefficient (Wildman–Crippen LogP) is 0.522. The van der Waals surface area contributed by atoms with Crippen molar-refractivity contribution < 1.29 is 9.53 Å². The molecule has 0 spiro atoms. The molecule has 2 saturated heterocycles. The average molecular weight is 328 g/mol. The Morgan fingerprint density at radius 2 is 1.90 bits per heavy atom. The molecular weight excluding hydrogens is 301 g/mol. The molecule has 0 radical (unpaired) electrons. The summed E-state index contributed by atoms with van der Waals surface area (Å²) in [5.41, 5.74) is 0. The van der Waals surface area contributed by atoms with E-state index in [0.717, 1.165) is 45.9 Å². The van der Waals surface area contributed by atoms with Crippen molar-refractivity contribution in [2.45, 2.75) is 19.9 Å². The molecule has 20 heavy (non-hydrogen) atoms. The third kappa shape index (κ3) is 5.37. The monoisotopic (exact) mass is 327 g/mol. The van der Waals surface area contributed by atoms with Crippen LogP contribution in [0.1, 0.15) is 13.8 Å². The van der Waals surface area contributed by atoms with E-state index < -0.39 is 0 Å². The first kappa shape index (κ1) is 19.9. The number of amides is 1. The van der Waals surface area contributed by atoms with E-state index in [-0.39, 0.29) is 36.6 Å². The highest BCUT2D eigenvalue weighted by Gasteiger charge is 2.29. The molecule has 2 atom stereocenters. The maximum atomic E-state index is 12.0. The molecule has 5 nitrogen and oxygen atoms in total. The molecule has 0 bridgehead atoms. The first-order valence-corrected chi connectivity index (χ1v) is 6.98. The van der Waals surface area contributed by atoms with E-state index in [4.69, 9.17) is 4.74 Å². The van der Waals surface area contributed by atoms with Crippen molar-refractivity contribution in [2.24, 2.45) is 11.8 Å². The SMILES string of the molecule is CC(C(=O)NCC(C)N1CCOCC1)C1CNC1.Cl.Cl. The highest BCUT2D eigenvalue weighted by Crippen LogP contribution is 2.15. The van der Waals surface area contributed by atoms with Crippen LogP contribution >= 0.6 is 24.8 Å². The van der Waals surface area contributed by atoms with Gasteiger partial charge in [0.15, 0.2) is 0 Å². The fraction of sp³-hybridized carbons (Fsp3) is 0.923. The predicted molar refractivity (Wildman–Crippen MR) is 84.9 cm³/mol. The molecule has 2 heterocycles. The quantitative estimate of drug-likeness (QED) is 0.773. The minimum atomic E-state index is 0. The van der Waals surface area contributed by atoms with Gasteiger partial charge in [-0.25, -0.2) is 0 Å². The van der Waals surface area contributed by atoms with Crippen LogP contribution in [0.4, 0.5) is 0 Å². The Hall–Kier alpha value is -0.0700. The van der Waals surface area contributed by atoms with Gasteiger partial charge in [-0.1, -0.05) is 6.92 Å². The zero-order chi connectivity index (χ0) is 13.0. The van der Waals surface area contributed by atoms with E-state index in [9.17, 15) is 4.79 Å². The van der Waals surface area contributed by atoms with Gasteiger partial charge in [0.05, 0.1) is 13.2 Å². The van der Waals surface area contributed by atoms with Crippen LogP contribution in [0, 0.1) is 11.8 Å². The largest absolute Gasteiger partial charge is 0.379 e. The summed E-state index contributed by atoms with van der Waals surface area (Å²) in [6.07, 6.45) is 0. The fourth-order valence-corrected chi connectivity index (χ4v) is 2.44. The normalized spacial score (nSPS) is 22.7. The number of carbonyl (C=O) groups is 1. The molecule has 2 rings (SSSR count). The number of rotatable bonds is 5. The summed E-state index contributed by atoms with van der Waals surface area (Å²) in [4.78, 5) is 14.4. The second-order valence-corrected chi connectivity index (χ2v) is 5.45. The van der Waals surface area contributed by atoms with Gasteiger partial charge in [0.25, 0.3) is 0 Å². The Bertz CT molecular complexity index is 285. The summed E-state index contributed by atoms with van der Waals surface area (Å²) < 4.78 is 5.33. The number of hydrogen-bond donors (Lipinski definition) is 2. The molecule has 0 aliphatic carbocycles. The van der Waals surface area contributed by atoms with Crippen LogP contribution in [0.5, 0.6) is 0 Å². The van der Waals surface area contributed by atoms with E-state index in [0.29, 0.717) is 12.0 Å². The van der Waals surface area contributed by atoms with Crippen LogP contribution in [-0.2, 0) is 9.53 Å². The molecule has 0 aromatic heterocycles. The van der Waals surface area contributed by atoms with Crippen molar-refractivity contribution >= 4 is 30.7 Å². The molecule has 2 aliphatic rings. The number of carbonyl (C=O) groups excluding carboxylic acids is 1. The third-order valence-electron chi connectivity index (χ3n) is 4.17. The van der Waals surface area contributed by atoms with Crippen LogP contribution in [-0.4, -0.2) is 62.8 Å². The van der Waals surface area contributed by atoms with Gasteiger partial charge in [0, 0.05) is 31.6 Å². The van der Waals surface area contributed by atoms with Crippen molar-refractivity contribution in [1.29, 1.82) is 0 Å². The molecule has 0 aromatic carbocycles. The summed E-state index contributed by atoms with van der Waals surface area (Å²) in [5.74, 6) is 0.841. The van der Waals surface area contributed by atoms with Crippen LogP contribution in [0.25, 0.3) is 0 Å². The molecule has 2 fully saturated rings. The second-order valence-electron chi connectivity index (χ2n) is 5.45. The smallest absolute Gasteiger partial charge is 0.223 e. The first-order chi connectivity index (χ1) is 8.68. The van der Waals surface area contributed by atoms with E-state index in [1.54, 1.807) is 0 Å². The maximum absolute atomic E-state index is 12.0. The number of nitrogens with zero attached hydrogens (tertiary/aromatic N) is 1. The number of nitrogens with one attached hydrogen (secondary N) is 2. The Balaban J connectivity index is 0.00000180. The molecule has 0 aromatic rings. The lowest BCUT2D eigenvalue weighted by atomic mass is 9.88. The highest BCUT2D eigenvalue weighted by molar-refractivity contribution is 5.85. The number of halogens is 2. The van der Waals surface area contributed by atoms with Gasteiger partial charge < -0.3 is 15.4 Å². The Morgan fingerprint density at radius 3 is 2.40 bits per heavy atom. The number of morpholine rings is 1. The molecule has 2 unspecified atom stereocenters. The van der Waals surface area contributed by atoms with Crippen LogP contribution in [0.3, 0.4) is 0 Å². The van der Waals surface area contributed by atoms with Crippen molar-refractivity contribution in [3.8, 4) is 0 Å². The van der Waals surface area contributed by atoms with Gasteiger partial charge in [-0.3, -0.25) is 9.69 Å². The van der Waals surface area contributed by atoms with E-state index >= 15 is 0 Å². The topological polar surface area (TPSA) is 53.6 Å². The zero-order valence-electron chi connectivity index (χ0n) is 12.3. The van der Waals surface area contributed by atoms with Gasteiger partial charge in [-0.05, 0) is 25.9 Å². The third-order valence-corrected chi connectivity index (χ3v) is 4.17. The minimum absolute atomic E-state index is 0. The Labute approximate surface area is 134 Å². The molecule has 120 valence electrons. The molecule has 2 aliphatic heterocycles. The zero-order valence-corrected chi connectivity index (χ0v) is 13.9. The highest BCUT2D eigenvalue weighted by atomic mass is 35.5. The van der Waals surface area contributed by atoms with Gasteiger partial charge in [-0.15, -0.1) is 24.8 Å². The lowest BCUT2D eigenvalue weighted by Crippen LogP contribution is -2.52. The fourth-order valence-electron chi connectivity index (χ4n) is 2.44. The van der Waals surface area contributed by atoms with Crippen LogP contribution in [0.2, 0.25) is 0 Å². The van der Waals surface area contributed by atoms with Crippen LogP contribution < -0.4 is 10.6 Å². The summed E-state index contributed by atoms with van der Waals surface area (Å²) >= 11 is 0. The second kappa shape index (κ2) is 9.79. The lowest BCUT2D eigenvalue weighted by Gasteiger charge is -2.34. The maximum Gasteiger partial charge on any atom is 0.223 e. The van der Waals surface area contributed by atoms with Crippen molar-refractivity contribution in [2.75, 3.05) is 45.9 Å². The van der Waals surface area contributed by atoms with E-state index in [2.05, 4.69) is 22.5 Å². The van der Waals surface area contributed by atoms with Gasteiger partial charge in [-0.2, -0.15) is 0 Å². The average Bonchev–Trinajstić information content (AvgIpc) is 2.34. The van der Waals surface area contributed by atoms with Crippen LogP contribution in [0.15, 0.2) is 0 Å². The number of ether oxygens (including phenoxy) is 1. The molecule has 1 amide bonds. The van der Waals surface area contributed by atoms with Crippen molar-refractivity contribution in [3.63, 3.8) is 0 Å². The minimum Gasteiger partial charge on any atom is -0.379 e. The van der Waals surface area contributed by atoms with Crippen molar-refractivity contribution in [3.05, 3.63) is 0 Å². The van der Waals surface area contributed by atoms with Gasteiger partial charge >= 0.3 is 0 Å².